The lowest BCUT2D eigenvalue weighted by Gasteiger charge is -2.26. The zero-order valence-electron chi connectivity index (χ0n) is 15.4. The molecule has 0 saturated carbocycles. The number of hydrogen-bond donors (Lipinski definition) is 0. The molecule has 11 heteroatoms. The van der Waals surface area contributed by atoms with Crippen molar-refractivity contribution in [1.29, 1.82) is 0 Å². The minimum atomic E-state index is -3.78. The van der Waals surface area contributed by atoms with Gasteiger partial charge in [0.1, 0.15) is 4.90 Å². The molecule has 30 heavy (non-hydrogen) atoms. The summed E-state index contributed by atoms with van der Waals surface area (Å²) >= 11 is 24.7. The molecule has 0 N–H and O–H groups in total. The highest BCUT2D eigenvalue weighted by Crippen LogP contribution is 2.37. The van der Waals surface area contributed by atoms with Gasteiger partial charge >= 0.3 is 0 Å². The fourth-order valence-electron chi connectivity index (χ4n) is 3.25. The maximum atomic E-state index is 13.1. The molecule has 1 fully saturated rings. The van der Waals surface area contributed by atoms with Gasteiger partial charge in [0.05, 0.1) is 20.6 Å². The molecule has 1 saturated heterocycles. The molecule has 0 spiro atoms. The van der Waals surface area contributed by atoms with Crippen LogP contribution in [0.25, 0.3) is 22.8 Å². The van der Waals surface area contributed by atoms with Gasteiger partial charge in [-0.05, 0) is 43.2 Å². The Bertz CT molecular complexity index is 1210. The van der Waals surface area contributed by atoms with Gasteiger partial charge in [-0.25, -0.2) is 8.42 Å². The fraction of sp³-hybridized carbons (Fsp3) is 0.263. The number of benzene rings is 2. The molecule has 0 amide bonds. The summed E-state index contributed by atoms with van der Waals surface area (Å²) < 4.78 is 33.0. The lowest BCUT2D eigenvalue weighted by molar-refractivity contribution is 0.346. The molecule has 4 rings (SSSR count). The molecule has 2 aromatic carbocycles. The molecular weight excluding hydrogens is 492 g/mol. The number of sulfonamides is 1. The molecule has 0 radical (unpaired) electrons. The van der Waals surface area contributed by atoms with Gasteiger partial charge in [0.25, 0.3) is 5.89 Å². The highest BCUT2D eigenvalue weighted by Gasteiger charge is 2.30. The monoisotopic (exact) mass is 505 g/mol. The van der Waals surface area contributed by atoms with Crippen LogP contribution in [0.3, 0.4) is 0 Å². The Morgan fingerprint density at radius 3 is 2.27 bits per heavy atom. The number of halogens is 4. The van der Waals surface area contributed by atoms with Gasteiger partial charge in [-0.1, -0.05) is 58.0 Å². The van der Waals surface area contributed by atoms with E-state index in [1.165, 1.54) is 16.4 Å². The zero-order chi connectivity index (χ0) is 21.5. The highest BCUT2D eigenvalue weighted by atomic mass is 35.5. The van der Waals surface area contributed by atoms with Gasteiger partial charge in [0.15, 0.2) is 0 Å². The number of hydrogen-bond acceptors (Lipinski definition) is 5. The first-order chi connectivity index (χ1) is 14.3. The van der Waals surface area contributed by atoms with E-state index in [-0.39, 0.29) is 32.2 Å². The summed E-state index contributed by atoms with van der Waals surface area (Å²) in [5.74, 6) is 0.269. The average Bonchev–Trinajstić information content (AvgIpc) is 3.18. The Labute approximate surface area is 193 Å². The van der Waals surface area contributed by atoms with Crippen LogP contribution in [0.2, 0.25) is 20.1 Å². The molecule has 0 bridgehead atoms. The van der Waals surface area contributed by atoms with Gasteiger partial charge < -0.3 is 4.52 Å². The summed E-state index contributed by atoms with van der Waals surface area (Å²) in [5.41, 5.74) is 0.780. The molecule has 0 aliphatic carbocycles. The lowest BCUT2D eigenvalue weighted by atomic mass is 10.2. The first kappa shape index (κ1) is 21.9. The van der Waals surface area contributed by atoms with Crippen molar-refractivity contribution in [3.8, 4) is 22.8 Å². The predicted molar refractivity (Wildman–Crippen MR) is 118 cm³/mol. The summed E-state index contributed by atoms with van der Waals surface area (Å²) in [5, 5.41) is 4.99. The van der Waals surface area contributed by atoms with Crippen molar-refractivity contribution >= 4 is 56.4 Å². The Morgan fingerprint density at radius 2 is 1.57 bits per heavy atom. The highest BCUT2D eigenvalue weighted by molar-refractivity contribution is 7.89. The Hall–Kier alpha value is -1.35. The van der Waals surface area contributed by atoms with Crippen molar-refractivity contribution in [2.45, 2.75) is 24.2 Å². The van der Waals surface area contributed by atoms with Crippen LogP contribution in [-0.4, -0.2) is 36.0 Å². The maximum Gasteiger partial charge on any atom is 0.259 e. The van der Waals surface area contributed by atoms with E-state index in [1.807, 2.05) is 0 Å². The van der Waals surface area contributed by atoms with E-state index in [1.54, 1.807) is 18.2 Å². The number of aromatic nitrogens is 2. The number of rotatable bonds is 4. The van der Waals surface area contributed by atoms with Crippen molar-refractivity contribution in [3.63, 3.8) is 0 Å². The third kappa shape index (κ3) is 4.20. The number of piperidine rings is 1. The lowest BCUT2D eigenvalue weighted by Crippen LogP contribution is -2.35. The van der Waals surface area contributed by atoms with Gasteiger partial charge in [-0.2, -0.15) is 9.29 Å². The Morgan fingerprint density at radius 1 is 0.867 bits per heavy atom. The standard InChI is InChI=1S/C19H15Cl4N3O3S/c20-11-4-5-12(14(21)8-11)18-24-19(29-25-18)13-9-17(16(23)10-15(13)22)30(27,28)26-6-2-1-3-7-26/h4-5,8-10H,1-3,6-7H2. The van der Waals surface area contributed by atoms with E-state index >= 15 is 0 Å². The fourth-order valence-corrected chi connectivity index (χ4v) is 6.09. The topological polar surface area (TPSA) is 76.3 Å². The van der Waals surface area contributed by atoms with E-state index in [4.69, 9.17) is 50.9 Å². The van der Waals surface area contributed by atoms with Gasteiger partial charge in [-0.15, -0.1) is 0 Å². The molecule has 1 aromatic heterocycles. The second-order valence-electron chi connectivity index (χ2n) is 6.77. The molecule has 158 valence electrons. The minimum absolute atomic E-state index is 0.0369. The molecule has 6 nitrogen and oxygen atoms in total. The van der Waals surface area contributed by atoms with Crippen LogP contribution >= 0.6 is 46.4 Å². The summed E-state index contributed by atoms with van der Waals surface area (Å²) in [6.07, 6.45) is 2.63. The molecule has 3 aromatic rings. The quantitative estimate of drug-likeness (QED) is 0.421. The zero-order valence-corrected chi connectivity index (χ0v) is 19.2. The SMILES string of the molecule is O=S(=O)(c1cc(-c2nc(-c3ccc(Cl)cc3Cl)no2)c(Cl)cc1Cl)N1CCCCC1. The molecule has 1 aliphatic heterocycles. The Balaban J connectivity index is 1.75. The molecule has 0 atom stereocenters. The first-order valence-electron chi connectivity index (χ1n) is 9.06. The average molecular weight is 507 g/mol. The summed E-state index contributed by atoms with van der Waals surface area (Å²) in [6.45, 7) is 0.910. The summed E-state index contributed by atoms with van der Waals surface area (Å²) in [4.78, 5) is 4.28. The molecular formula is C19H15Cl4N3O3S. The van der Waals surface area contributed by atoms with Crippen molar-refractivity contribution in [1.82, 2.24) is 14.4 Å². The van der Waals surface area contributed by atoms with Crippen LogP contribution in [-0.2, 0) is 10.0 Å². The van der Waals surface area contributed by atoms with E-state index in [0.29, 0.717) is 28.7 Å². The third-order valence-electron chi connectivity index (χ3n) is 4.78. The van der Waals surface area contributed by atoms with Gasteiger partial charge in [-0.3, -0.25) is 0 Å². The van der Waals surface area contributed by atoms with Crippen LogP contribution in [0.15, 0.2) is 39.8 Å². The normalized spacial score (nSPS) is 15.5. The smallest absolute Gasteiger partial charge is 0.259 e. The molecule has 1 aliphatic rings. The van der Waals surface area contributed by atoms with E-state index < -0.39 is 10.0 Å². The molecule has 0 unspecified atom stereocenters. The van der Waals surface area contributed by atoms with E-state index in [0.717, 1.165) is 19.3 Å². The second-order valence-corrected chi connectivity index (χ2v) is 10.3. The van der Waals surface area contributed by atoms with Crippen LogP contribution in [0, 0.1) is 0 Å². The van der Waals surface area contributed by atoms with Crippen molar-refractivity contribution in [2.75, 3.05) is 13.1 Å². The third-order valence-corrected chi connectivity index (χ3v) is 8.01. The minimum Gasteiger partial charge on any atom is -0.334 e. The van der Waals surface area contributed by atoms with Crippen LogP contribution in [0.4, 0.5) is 0 Å². The van der Waals surface area contributed by atoms with Crippen LogP contribution < -0.4 is 0 Å². The Kier molecular flexibility index (Phi) is 6.30. The predicted octanol–water partition coefficient (Wildman–Crippen LogP) is 6.19. The van der Waals surface area contributed by atoms with Gasteiger partial charge in [0.2, 0.25) is 15.8 Å². The second kappa shape index (κ2) is 8.65. The van der Waals surface area contributed by atoms with Gasteiger partial charge in [0, 0.05) is 23.7 Å². The van der Waals surface area contributed by atoms with Crippen LogP contribution in [0.5, 0.6) is 0 Å². The molecule has 2 heterocycles. The summed E-state index contributed by atoms with van der Waals surface area (Å²) in [6, 6.07) is 7.61. The van der Waals surface area contributed by atoms with Crippen molar-refractivity contribution in [2.24, 2.45) is 0 Å². The number of nitrogens with zero attached hydrogens (tertiary/aromatic N) is 3. The van der Waals surface area contributed by atoms with Crippen LogP contribution in [0.1, 0.15) is 19.3 Å². The van der Waals surface area contributed by atoms with Crippen molar-refractivity contribution < 1.29 is 12.9 Å². The first-order valence-corrected chi connectivity index (χ1v) is 12.0. The van der Waals surface area contributed by atoms with Crippen molar-refractivity contribution in [3.05, 3.63) is 50.4 Å². The van der Waals surface area contributed by atoms with E-state index in [9.17, 15) is 8.42 Å². The largest absolute Gasteiger partial charge is 0.334 e. The summed E-state index contributed by atoms with van der Waals surface area (Å²) in [7, 11) is -3.78. The van der Waals surface area contributed by atoms with E-state index in [2.05, 4.69) is 10.1 Å². The maximum absolute atomic E-state index is 13.1.